The standard InChI is InChI=1S/C33H66N2O4/c1-28(2,3)24-32(12,29(4,5)6)26(36)39-23-21-35(16)20-18-31(10,11)25-33(13,30(7,8)9)27(37)38-22-17-19-34(14)15/h17-25H2,1-16H3. The number of ether oxygens (including phenoxy) is 2. The number of hydrogen-bond acceptors (Lipinski definition) is 6. The van der Waals surface area contributed by atoms with E-state index in [4.69, 9.17) is 9.47 Å². The van der Waals surface area contributed by atoms with Gasteiger partial charge in [0.15, 0.2) is 0 Å². The van der Waals surface area contributed by atoms with Crippen LogP contribution >= 0.6 is 0 Å². The molecule has 2 unspecified atom stereocenters. The smallest absolute Gasteiger partial charge is 0.312 e. The molecule has 0 saturated carbocycles. The maximum atomic E-state index is 13.3. The van der Waals surface area contributed by atoms with Crippen LogP contribution in [0.25, 0.3) is 0 Å². The van der Waals surface area contributed by atoms with E-state index in [9.17, 15) is 9.59 Å². The van der Waals surface area contributed by atoms with Crippen LogP contribution in [0, 0.1) is 32.5 Å². The van der Waals surface area contributed by atoms with Gasteiger partial charge in [-0.1, -0.05) is 76.2 Å². The Kier molecular flexibility index (Phi) is 13.7. The summed E-state index contributed by atoms with van der Waals surface area (Å²) in [5, 5.41) is 0. The van der Waals surface area contributed by atoms with Crippen LogP contribution in [0.3, 0.4) is 0 Å². The number of likely N-dealkylation sites (N-methyl/N-ethyl adjacent to an activating group) is 1. The molecule has 232 valence electrons. The molecule has 0 saturated heterocycles. The molecular formula is C33H66N2O4. The van der Waals surface area contributed by atoms with Crippen molar-refractivity contribution in [2.45, 2.75) is 116 Å². The van der Waals surface area contributed by atoms with Crippen molar-refractivity contribution in [3.8, 4) is 0 Å². The van der Waals surface area contributed by atoms with Gasteiger partial charge in [0.2, 0.25) is 0 Å². The molecule has 0 aliphatic heterocycles. The van der Waals surface area contributed by atoms with Crippen molar-refractivity contribution >= 4 is 11.9 Å². The van der Waals surface area contributed by atoms with Crippen molar-refractivity contribution in [1.82, 2.24) is 9.80 Å². The van der Waals surface area contributed by atoms with E-state index in [0.29, 0.717) is 19.8 Å². The fraction of sp³-hybridized carbons (Fsp3) is 0.939. The molecule has 6 nitrogen and oxygen atoms in total. The first-order chi connectivity index (χ1) is 17.3. The quantitative estimate of drug-likeness (QED) is 0.156. The highest BCUT2D eigenvalue weighted by atomic mass is 16.5. The topological polar surface area (TPSA) is 59.1 Å². The lowest BCUT2D eigenvalue weighted by atomic mass is 9.60. The molecule has 2 atom stereocenters. The largest absolute Gasteiger partial charge is 0.465 e. The number of carbonyl (C=O) groups excluding carboxylic acids is 2. The first kappa shape index (κ1) is 37.9. The summed E-state index contributed by atoms with van der Waals surface area (Å²) in [5.74, 6) is -0.206. The molecule has 0 rings (SSSR count). The van der Waals surface area contributed by atoms with Crippen LogP contribution in [0.15, 0.2) is 0 Å². The lowest BCUT2D eigenvalue weighted by Gasteiger charge is -2.44. The van der Waals surface area contributed by atoms with E-state index in [2.05, 4.69) is 99.9 Å². The molecule has 0 spiro atoms. The molecule has 0 aromatic rings. The van der Waals surface area contributed by atoms with Gasteiger partial charge in [-0.15, -0.1) is 0 Å². The van der Waals surface area contributed by atoms with Crippen LogP contribution in [0.2, 0.25) is 0 Å². The SMILES string of the molecule is CN(C)CCCOC(=O)C(C)(CC(C)(C)CCN(C)CCOC(=O)C(C)(CC(C)(C)C)C(C)(C)C)C(C)(C)C. The molecule has 0 aromatic heterocycles. The number of rotatable bonds is 15. The van der Waals surface area contributed by atoms with Crippen molar-refractivity contribution in [1.29, 1.82) is 0 Å². The van der Waals surface area contributed by atoms with Crippen LogP contribution in [0.1, 0.15) is 116 Å². The van der Waals surface area contributed by atoms with Crippen LogP contribution in [0.5, 0.6) is 0 Å². The van der Waals surface area contributed by atoms with Gasteiger partial charge < -0.3 is 19.3 Å². The molecule has 0 amide bonds. The van der Waals surface area contributed by atoms with Gasteiger partial charge >= 0.3 is 11.9 Å². The summed E-state index contributed by atoms with van der Waals surface area (Å²) in [6, 6.07) is 0. The summed E-state index contributed by atoms with van der Waals surface area (Å²) in [7, 11) is 6.13. The molecule has 0 fully saturated rings. The highest BCUT2D eigenvalue weighted by Gasteiger charge is 2.49. The Balaban J connectivity index is 5.09. The maximum Gasteiger partial charge on any atom is 0.312 e. The lowest BCUT2D eigenvalue weighted by Crippen LogP contribution is -2.45. The van der Waals surface area contributed by atoms with E-state index >= 15 is 0 Å². The highest BCUT2D eigenvalue weighted by molar-refractivity contribution is 5.78. The fourth-order valence-corrected chi connectivity index (χ4v) is 5.16. The Bertz CT molecular complexity index is 770. The number of carbonyl (C=O) groups is 2. The Hall–Kier alpha value is -1.14. The average Bonchev–Trinajstić information content (AvgIpc) is 2.71. The third-order valence-electron chi connectivity index (χ3n) is 8.79. The third-order valence-corrected chi connectivity index (χ3v) is 8.79. The van der Waals surface area contributed by atoms with Gasteiger partial charge in [-0.25, -0.2) is 0 Å². The predicted molar refractivity (Wildman–Crippen MR) is 165 cm³/mol. The van der Waals surface area contributed by atoms with Gasteiger partial charge in [-0.3, -0.25) is 9.59 Å². The van der Waals surface area contributed by atoms with Crippen LogP contribution in [-0.2, 0) is 19.1 Å². The van der Waals surface area contributed by atoms with Crippen molar-refractivity contribution in [2.75, 3.05) is 54.0 Å². The van der Waals surface area contributed by atoms with E-state index in [0.717, 1.165) is 38.8 Å². The second kappa shape index (κ2) is 14.2. The van der Waals surface area contributed by atoms with Crippen molar-refractivity contribution < 1.29 is 19.1 Å². The van der Waals surface area contributed by atoms with Crippen LogP contribution in [-0.4, -0.2) is 75.7 Å². The fourth-order valence-electron chi connectivity index (χ4n) is 5.16. The molecule has 0 radical (unpaired) electrons. The Labute approximate surface area is 242 Å². The molecule has 0 N–H and O–H groups in total. The van der Waals surface area contributed by atoms with Gasteiger partial charge in [0.25, 0.3) is 0 Å². The van der Waals surface area contributed by atoms with Crippen molar-refractivity contribution in [3.05, 3.63) is 0 Å². The maximum absolute atomic E-state index is 13.3. The summed E-state index contributed by atoms with van der Waals surface area (Å²) < 4.78 is 11.6. The average molecular weight is 555 g/mol. The molecule has 0 bridgehead atoms. The first-order valence-corrected chi connectivity index (χ1v) is 15.0. The van der Waals surface area contributed by atoms with Gasteiger partial charge in [0.1, 0.15) is 6.61 Å². The molecule has 0 aliphatic carbocycles. The summed E-state index contributed by atoms with van der Waals surface area (Å²) >= 11 is 0. The number of hydrogen-bond donors (Lipinski definition) is 0. The minimum atomic E-state index is -0.590. The van der Waals surface area contributed by atoms with Gasteiger partial charge in [0, 0.05) is 13.1 Å². The third kappa shape index (κ3) is 12.5. The molecule has 39 heavy (non-hydrogen) atoms. The molecule has 0 heterocycles. The summed E-state index contributed by atoms with van der Waals surface area (Å²) in [5.41, 5.74) is -1.59. The minimum Gasteiger partial charge on any atom is -0.465 e. The van der Waals surface area contributed by atoms with Crippen LogP contribution < -0.4 is 0 Å². The summed E-state index contributed by atoms with van der Waals surface area (Å²) in [6.07, 6.45) is 3.29. The highest BCUT2D eigenvalue weighted by Crippen LogP contribution is 2.49. The van der Waals surface area contributed by atoms with E-state index in [1.165, 1.54) is 0 Å². The Morgan fingerprint density at radius 1 is 0.590 bits per heavy atom. The summed E-state index contributed by atoms with van der Waals surface area (Å²) in [4.78, 5) is 30.9. The Morgan fingerprint density at radius 3 is 1.44 bits per heavy atom. The van der Waals surface area contributed by atoms with Crippen molar-refractivity contribution in [2.24, 2.45) is 32.5 Å². The van der Waals surface area contributed by atoms with E-state index in [-0.39, 0.29) is 33.6 Å². The number of esters is 2. The zero-order chi connectivity index (χ0) is 31.1. The second-order valence-corrected chi connectivity index (χ2v) is 16.7. The minimum absolute atomic E-state index is 0.0314. The number of nitrogens with zero attached hydrogens (tertiary/aromatic N) is 2. The van der Waals surface area contributed by atoms with Gasteiger partial charge in [-0.05, 0) is 88.9 Å². The van der Waals surface area contributed by atoms with Gasteiger partial charge in [-0.2, -0.15) is 0 Å². The van der Waals surface area contributed by atoms with Crippen molar-refractivity contribution in [3.63, 3.8) is 0 Å². The van der Waals surface area contributed by atoms with E-state index in [1.807, 2.05) is 21.0 Å². The van der Waals surface area contributed by atoms with E-state index < -0.39 is 10.8 Å². The zero-order valence-corrected chi connectivity index (χ0v) is 28.9. The molecule has 0 aromatic carbocycles. The molecular weight excluding hydrogens is 488 g/mol. The van der Waals surface area contributed by atoms with E-state index in [1.54, 1.807) is 0 Å². The molecule has 0 aliphatic rings. The zero-order valence-electron chi connectivity index (χ0n) is 28.9. The normalized spacial score (nSPS) is 16.7. The van der Waals surface area contributed by atoms with Crippen LogP contribution in [0.4, 0.5) is 0 Å². The monoisotopic (exact) mass is 555 g/mol. The second-order valence-electron chi connectivity index (χ2n) is 16.7. The summed E-state index contributed by atoms with van der Waals surface area (Å²) in [6.45, 7) is 31.2. The Morgan fingerprint density at radius 2 is 1.03 bits per heavy atom. The van der Waals surface area contributed by atoms with Gasteiger partial charge in [0.05, 0.1) is 17.4 Å². The predicted octanol–water partition coefficient (Wildman–Crippen LogP) is 7.30. The molecule has 6 heteroatoms. The lowest BCUT2D eigenvalue weighted by molar-refractivity contribution is -0.165. The first-order valence-electron chi connectivity index (χ1n) is 15.0.